The molecule has 0 aromatic heterocycles. The van der Waals surface area contributed by atoms with Crippen LogP contribution in [0.2, 0.25) is 0 Å². The van der Waals surface area contributed by atoms with Crippen LogP contribution in [0.15, 0.2) is 48.6 Å². The highest BCUT2D eigenvalue weighted by Crippen LogP contribution is 2.21. The van der Waals surface area contributed by atoms with E-state index >= 15 is 0 Å². The van der Waals surface area contributed by atoms with E-state index in [1.54, 1.807) is 19.1 Å². The number of allylic oxidation sites excluding steroid dienone is 4. The van der Waals surface area contributed by atoms with Crippen molar-refractivity contribution in [3.63, 3.8) is 0 Å². The van der Waals surface area contributed by atoms with Crippen LogP contribution in [0.5, 0.6) is 0 Å². The lowest BCUT2D eigenvalue weighted by atomic mass is 9.99. The Bertz CT molecular complexity index is 592. The number of carbonyl (C=O) groups is 2. The third-order valence-corrected chi connectivity index (χ3v) is 4.26. The molecule has 0 aromatic rings. The summed E-state index contributed by atoms with van der Waals surface area (Å²) in [6, 6.07) is 0. The number of carbonyl (C=O) groups excluding carboxylic acids is 2. The number of ether oxygens (including phenoxy) is 2. The lowest BCUT2D eigenvalue weighted by Crippen LogP contribution is -2.28. The van der Waals surface area contributed by atoms with Crippen LogP contribution in [-0.2, 0) is 19.1 Å². The molecule has 0 fully saturated rings. The van der Waals surface area contributed by atoms with Gasteiger partial charge in [0.15, 0.2) is 0 Å². The summed E-state index contributed by atoms with van der Waals surface area (Å²) < 4.78 is 10.5. The van der Waals surface area contributed by atoms with Crippen molar-refractivity contribution in [3.8, 4) is 0 Å². The maximum Gasteiger partial charge on any atom is 0.306 e. The van der Waals surface area contributed by atoms with Crippen LogP contribution >= 0.6 is 0 Å². The van der Waals surface area contributed by atoms with Crippen LogP contribution in [0.3, 0.4) is 0 Å². The Labute approximate surface area is 178 Å². The van der Waals surface area contributed by atoms with Crippen molar-refractivity contribution >= 4 is 11.9 Å². The number of rotatable bonds is 11. The Balaban J connectivity index is 0. The quantitative estimate of drug-likeness (QED) is 0.277. The van der Waals surface area contributed by atoms with Gasteiger partial charge in [-0.1, -0.05) is 43.4 Å². The van der Waals surface area contributed by atoms with Crippen molar-refractivity contribution < 1.29 is 19.1 Å². The van der Waals surface area contributed by atoms with Gasteiger partial charge in [-0.05, 0) is 79.4 Å². The van der Waals surface area contributed by atoms with Crippen molar-refractivity contribution in [2.45, 2.75) is 98.7 Å². The predicted octanol–water partition coefficient (Wildman–Crippen LogP) is 6.87. The van der Waals surface area contributed by atoms with Crippen molar-refractivity contribution in [3.05, 3.63) is 48.6 Å². The summed E-state index contributed by atoms with van der Waals surface area (Å²) in [6.45, 7) is 22.6. The fraction of sp³-hybridized carbons (Fsp3) is 0.600. The molecule has 0 bridgehead atoms. The third kappa shape index (κ3) is 16.5. The van der Waals surface area contributed by atoms with E-state index < -0.39 is 11.2 Å². The molecule has 0 aliphatic heterocycles. The second-order valence-corrected chi connectivity index (χ2v) is 8.10. The summed E-state index contributed by atoms with van der Waals surface area (Å²) in [5.74, 6) is -0.431. The van der Waals surface area contributed by atoms with E-state index in [9.17, 15) is 9.59 Å². The van der Waals surface area contributed by atoms with Crippen LogP contribution in [-0.4, -0.2) is 23.1 Å². The highest BCUT2D eigenvalue weighted by atomic mass is 16.6. The summed E-state index contributed by atoms with van der Waals surface area (Å²) >= 11 is 0. The normalized spacial score (nSPS) is 13.9. The van der Waals surface area contributed by atoms with Crippen LogP contribution in [0.25, 0.3) is 0 Å². The smallest absolute Gasteiger partial charge is 0.306 e. The molecule has 0 heterocycles. The minimum absolute atomic E-state index is 0.172. The minimum atomic E-state index is -0.530. The molecule has 0 rings (SSSR count). The fourth-order valence-corrected chi connectivity index (χ4v) is 2.34. The Morgan fingerprint density at radius 2 is 1.17 bits per heavy atom. The molecular weight excluding hydrogens is 364 g/mol. The van der Waals surface area contributed by atoms with Gasteiger partial charge in [-0.25, -0.2) is 0 Å². The molecule has 0 spiro atoms. The molecule has 0 aromatic carbocycles. The SMILES string of the molecule is C=CC(C)(CCC=C(C)C)OC(=O)CC.C=CC(C)(CCC=C(C)C)OC(C)=O. The molecule has 166 valence electrons. The Kier molecular flexibility index (Phi) is 14.9. The number of esters is 2. The predicted molar refractivity (Wildman–Crippen MR) is 123 cm³/mol. The van der Waals surface area contributed by atoms with Gasteiger partial charge in [0.05, 0.1) is 0 Å². The first-order valence-electron chi connectivity index (χ1n) is 10.3. The van der Waals surface area contributed by atoms with Crippen LogP contribution < -0.4 is 0 Å². The fourth-order valence-electron chi connectivity index (χ4n) is 2.34. The molecule has 0 N–H and O–H groups in total. The monoisotopic (exact) mass is 406 g/mol. The van der Waals surface area contributed by atoms with Gasteiger partial charge in [0.2, 0.25) is 0 Å². The topological polar surface area (TPSA) is 52.6 Å². The highest BCUT2D eigenvalue weighted by molar-refractivity contribution is 5.69. The molecule has 4 nitrogen and oxygen atoms in total. The molecule has 0 radical (unpaired) electrons. The Morgan fingerprint density at radius 3 is 1.45 bits per heavy atom. The Hall–Kier alpha value is -2.10. The Morgan fingerprint density at radius 1 is 0.793 bits per heavy atom. The zero-order valence-electron chi connectivity index (χ0n) is 19.9. The number of hydrogen-bond donors (Lipinski definition) is 0. The maximum atomic E-state index is 11.2. The highest BCUT2D eigenvalue weighted by Gasteiger charge is 2.23. The van der Waals surface area contributed by atoms with Gasteiger partial charge in [-0.2, -0.15) is 0 Å². The first kappa shape index (κ1) is 29.1. The van der Waals surface area contributed by atoms with Crippen LogP contribution in [0.1, 0.15) is 87.5 Å². The van der Waals surface area contributed by atoms with Crippen molar-refractivity contribution in [1.29, 1.82) is 0 Å². The van der Waals surface area contributed by atoms with E-state index in [1.165, 1.54) is 18.1 Å². The second-order valence-electron chi connectivity index (χ2n) is 8.10. The standard InChI is InChI=1S/C13H22O2.C12H20O2/c1-6-12(14)15-13(5,7-2)10-8-9-11(3)4;1-6-12(5,14-11(4)13)9-7-8-10(2)3/h7,9H,2,6,8,10H2,1,3-5H3;6,8H,1,7,9H2,2-5H3. The third-order valence-electron chi connectivity index (χ3n) is 4.26. The molecule has 0 aliphatic rings. The molecular formula is C25H42O4. The molecule has 0 amide bonds. The van der Waals surface area contributed by atoms with Gasteiger partial charge in [0.25, 0.3) is 0 Å². The molecule has 0 saturated heterocycles. The summed E-state index contributed by atoms with van der Waals surface area (Å²) in [4.78, 5) is 22.0. The first-order valence-corrected chi connectivity index (χ1v) is 10.3. The number of hydrogen-bond acceptors (Lipinski definition) is 4. The van der Waals surface area contributed by atoms with E-state index in [2.05, 4.69) is 53.0 Å². The second kappa shape index (κ2) is 14.8. The zero-order chi connectivity index (χ0) is 23.1. The molecule has 4 heteroatoms. The van der Waals surface area contributed by atoms with Gasteiger partial charge in [-0.15, -0.1) is 0 Å². The van der Waals surface area contributed by atoms with Gasteiger partial charge in [-0.3, -0.25) is 9.59 Å². The van der Waals surface area contributed by atoms with Gasteiger partial charge >= 0.3 is 11.9 Å². The maximum absolute atomic E-state index is 11.2. The van der Waals surface area contributed by atoms with E-state index in [4.69, 9.17) is 9.47 Å². The summed E-state index contributed by atoms with van der Waals surface area (Å²) in [6.07, 6.45) is 11.4. The molecule has 29 heavy (non-hydrogen) atoms. The van der Waals surface area contributed by atoms with Crippen molar-refractivity contribution in [1.82, 2.24) is 0 Å². The summed E-state index contributed by atoms with van der Waals surface area (Å²) in [7, 11) is 0. The molecule has 0 saturated carbocycles. The molecule has 2 atom stereocenters. The van der Waals surface area contributed by atoms with E-state index in [0.717, 1.165) is 25.7 Å². The molecule has 2 unspecified atom stereocenters. The van der Waals surface area contributed by atoms with E-state index in [0.29, 0.717) is 6.42 Å². The minimum Gasteiger partial charge on any atom is -0.455 e. The van der Waals surface area contributed by atoms with Gasteiger partial charge in [0.1, 0.15) is 11.2 Å². The summed E-state index contributed by atoms with van der Waals surface area (Å²) in [5, 5.41) is 0. The largest absolute Gasteiger partial charge is 0.455 e. The molecule has 0 aliphatic carbocycles. The van der Waals surface area contributed by atoms with E-state index in [-0.39, 0.29) is 11.9 Å². The van der Waals surface area contributed by atoms with Crippen molar-refractivity contribution in [2.75, 3.05) is 0 Å². The van der Waals surface area contributed by atoms with Gasteiger partial charge < -0.3 is 9.47 Å². The average molecular weight is 407 g/mol. The van der Waals surface area contributed by atoms with Crippen LogP contribution in [0.4, 0.5) is 0 Å². The first-order chi connectivity index (χ1) is 13.3. The van der Waals surface area contributed by atoms with Crippen LogP contribution in [0, 0.1) is 0 Å². The summed E-state index contributed by atoms with van der Waals surface area (Å²) in [5.41, 5.74) is 1.50. The van der Waals surface area contributed by atoms with Gasteiger partial charge in [0, 0.05) is 13.3 Å². The zero-order valence-corrected chi connectivity index (χ0v) is 19.9. The lowest BCUT2D eigenvalue weighted by molar-refractivity contribution is -0.154. The van der Waals surface area contributed by atoms with Crippen molar-refractivity contribution in [2.24, 2.45) is 0 Å². The lowest BCUT2D eigenvalue weighted by Gasteiger charge is -2.25. The van der Waals surface area contributed by atoms with E-state index in [1.807, 2.05) is 13.8 Å². The average Bonchev–Trinajstić information content (AvgIpc) is 2.60.